The van der Waals surface area contributed by atoms with Crippen molar-refractivity contribution in [1.29, 1.82) is 0 Å². The minimum atomic E-state index is -0.886. The topological polar surface area (TPSA) is 37.3 Å². The van der Waals surface area contributed by atoms with Crippen LogP contribution in [-0.4, -0.2) is 16.3 Å². The Morgan fingerprint density at radius 2 is 2.12 bits per heavy atom. The smallest absolute Gasteiger partial charge is 0.317 e. The van der Waals surface area contributed by atoms with Gasteiger partial charge in [0.2, 0.25) is 0 Å². The van der Waals surface area contributed by atoms with E-state index in [1.807, 2.05) is 13.8 Å². The number of halogens is 1. The van der Waals surface area contributed by atoms with Gasteiger partial charge in [0.1, 0.15) is 11.1 Å². The summed E-state index contributed by atoms with van der Waals surface area (Å²) in [6.07, 6.45) is 0.762. The molecule has 4 heteroatoms. The molecule has 1 rings (SSSR count). The lowest BCUT2D eigenvalue weighted by Gasteiger charge is -2.18. The van der Waals surface area contributed by atoms with Crippen LogP contribution in [-0.2, 0) is 4.79 Å². The average Bonchev–Trinajstić information content (AvgIpc) is 2.26. The molecule has 0 aliphatic heterocycles. The van der Waals surface area contributed by atoms with E-state index in [1.165, 1.54) is 6.07 Å². The van der Waals surface area contributed by atoms with Crippen LogP contribution in [0, 0.1) is 11.7 Å². The molecule has 1 aromatic rings. The first-order chi connectivity index (χ1) is 7.56. The van der Waals surface area contributed by atoms with Gasteiger partial charge in [-0.2, -0.15) is 0 Å². The lowest BCUT2D eigenvalue weighted by atomic mass is 10.1. The number of rotatable bonds is 5. The summed E-state index contributed by atoms with van der Waals surface area (Å²) in [6, 6.07) is 6.26. The molecule has 16 heavy (non-hydrogen) atoms. The van der Waals surface area contributed by atoms with Crippen molar-refractivity contribution in [3.63, 3.8) is 0 Å². The normalized spacial score (nSPS) is 14.4. The maximum absolute atomic E-state index is 13.4. The van der Waals surface area contributed by atoms with E-state index in [0.29, 0.717) is 4.90 Å². The zero-order valence-corrected chi connectivity index (χ0v) is 10.1. The Labute approximate surface area is 98.9 Å². The number of carboxylic acids is 1. The lowest BCUT2D eigenvalue weighted by Crippen LogP contribution is -2.24. The molecule has 0 spiro atoms. The number of thioether (sulfide) groups is 1. The monoisotopic (exact) mass is 242 g/mol. The van der Waals surface area contributed by atoms with Crippen LogP contribution in [0.1, 0.15) is 20.3 Å². The largest absolute Gasteiger partial charge is 0.480 e. The molecule has 1 N–H and O–H groups in total. The van der Waals surface area contributed by atoms with Crippen molar-refractivity contribution in [3.05, 3.63) is 30.1 Å². The fourth-order valence-corrected chi connectivity index (χ4v) is 2.44. The number of hydrogen-bond donors (Lipinski definition) is 1. The third-order valence-corrected chi connectivity index (χ3v) is 4.00. The summed E-state index contributed by atoms with van der Waals surface area (Å²) in [4.78, 5) is 11.5. The third kappa shape index (κ3) is 3.23. The SMILES string of the molecule is CCC(C)C(Sc1ccccc1F)C(=O)O. The van der Waals surface area contributed by atoms with Crippen molar-refractivity contribution in [1.82, 2.24) is 0 Å². The summed E-state index contributed by atoms with van der Waals surface area (Å²) < 4.78 is 13.4. The first-order valence-electron chi connectivity index (χ1n) is 5.20. The van der Waals surface area contributed by atoms with E-state index in [4.69, 9.17) is 5.11 Å². The van der Waals surface area contributed by atoms with E-state index >= 15 is 0 Å². The summed E-state index contributed by atoms with van der Waals surface area (Å²) in [6.45, 7) is 3.80. The van der Waals surface area contributed by atoms with E-state index in [1.54, 1.807) is 18.2 Å². The molecule has 88 valence electrons. The maximum atomic E-state index is 13.4. The molecule has 1 aromatic carbocycles. The molecule has 0 heterocycles. The number of carbonyl (C=O) groups is 1. The molecule has 0 aliphatic rings. The molecular weight excluding hydrogens is 227 g/mol. The van der Waals surface area contributed by atoms with Gasteiger partial charge in [0.15, 0.2) is 0 Å². The summed E-state index contributed by atoms with van der Waals surface area (Å²) in [5, 5.41) is 8.49. The summed E-state index contributed by atoms with van der Waals surface area (Å²) in [5.41, 5.74) is 0. The van der Waals surface area contributed by atoms with Gasteiger partial charge < -0.3 is 5.11 Å². The van der Waals surface area contributed by atoms with Crippen LogP contribution in [0.4, 0.5) is 4.39 Å². The molecule has 0 aliphatic carbocycles. The van der Waals surface area contributed by atoms with Crippen molar-refractivity contribution < 1.29 is 14.3 Å². The van der Waals surface area contributed by atoms with Gasteiger partial charge in [-0.15, -0.1) is 11.8 Å². The standard InChI is InChI=1S/C12H15FO2S/c1-3-8(2)11(12(14)15)16-10-7-5-4-6-9(10)13/h4-8,11H,3H2,1-2H3,(H,14,15). The average molecular weight is 242 g/mol. The summed E-state index contributed by atoms with van der Waals surface area (Å²) in [7, 11) is 0. The zero-order valence-electron chi connectivity index (χ0n) is 9.31. The molecule has 0 saturated heterocycles. The molecule has 0 fully saturated rings. The molecular formula is C12H15FO2S. The van der Waals surface area contributed by atoms with Crippen LogP contribution >= 0.6 is 11.8 Å². The lowest BCUT2D eigenvalue weighted by molar-refractivity contribution is -0.137. The highest BCUT2D eigenvalue weighted by atomic mass is 32.2. The minimum Gasteiger partial charge on any atom is -0.480 e. The van der Waals surface area contributed by atoms with E-state index in [-0.39, 0.29) is 11.7 Å². The van der Waals surface area contributed by atoms with Crippen LogP contribution < -0.4 is 0 Å². The summed E-state index contributed by atoms with van der Waals surface area (Å²) >= 11 is 1.08. The first-order valence-corrected chi connectivity index (χ1v) is 6.08. The van der Waals surface area contributed by atoms with Gasteiger partial charge >= 0.3 is 5.97 Å². The van der Waals surface area contributed by atoms with Gasteiger partial charge in [-0.05, 0) is 18.1 Å². The minimum absolute atomic E-state index is 0.0158. The van der Waals surface area contributed by atoms with Gasteiger partial charge in [0, 0.05) is 4.90 Å². The van der Waals surface area contributed by atoms with Gasteiger partial charge in [-0.25, -0.2) is 4.39 Å². The molecule has 0 amide bonds. The molecule has 2 nitrogen and oxygen atoms in total. The summed E-state index contributed by atoms with van der Waals surface area (Å²) in [5.74, 6) is -1.23. The molecule has 2 unspecified atom stereocenters. The maximum Gasteiger partial charge on any atom is 0.317 e. The van der Waals surface area contributed by atoms with Crippen molar-refractivity contribution in [2.45, 2.75) is 30.4 Å². The molecule has 2 atom stereocenters. The number of hydrogen-bond acceptors (Lipinski definition) is 2. The molecule has 0 radical (unpaired) electrons. The Morgan fingerprint density at radius 3 is 2.62 bits per heavy atom. The van der Waals surface area contributed by atoms with Crippen LogP contribution in [0.5, 0.6) is 0 Å². The second-order valence-electron chi connectivity index (χ2n) is 3.69. The van der Waals surface area contributed by atoms with Crippen molar-refractivity contribution in [2.75, 3.05) is 0 Å². The van der Waals surface area contributed by atoms with Gasteiger partial charge in [0.25, 0.3) is 0 Å². The van der Waals surface area contributed by atoms with E-state index < -0.39 is 11.2 Å². The van der Waals surface area contributed by atoms with Crippen LogP contribution in [0.3, 0.4) is 0 Å². The molecule has 0 aromatic heterocycles. The van der Waals surface area contributed by atoms with Gasteiger partial charge in [0.05, 0.1) is 0 Å². The number of carboxylic acid groups (broad SMARTS) is 1. The Balaban J connectivity index is 2.84. The molecule has 0 saturated carbocycles. The van der Waals surface area contributed by atoms with Crippen molar-refractivity contribution >= 4 is 17.7 Å². The van der Waals surface area contributed by atoms with Crippen molar-refractivity contribution in [3.8, 4) is 0 Å². The highest BCUT2D eigenvalue weighted by molar-refractivity contribution is 8.00. The van der Waals surface area contributed by atoms with Crippen LogP contribution in [0.15, 0.2) is 29.2 Å². The number of aliphatic carboxylic acids is 1. The highest BCUT2D eigenvalue weighted by Gasteiger charge is 2.25. The Kier molecular flexibility index (Phi) is 4.80. The van der Waals surface area contributed by atoms with Crippen molar-refractivity contribution in [2.24, 2.45) is 5.92 Å². The van der Waals surface area contributed by atoms with Gasteiger partial charge in [-0.3, -0.25) is 4.79 Å². The first kappa shape index (κ1) is 13.0. The van der Waals surface area contributed by atoms with E-state index in [9.17, 15) is 9.18 Å². The Morgan fingerprint density at radius 1 is 1.50 bits per heavy atom. The third-order valence-electron chi connectivity index (χ3n) is 2.49. The fourth-order valence-electron chi connectivity index (χ4n) is 1.30. The Hall–Kier alpha value is -1.03. The second-order valence-corrected chi connectivity index (χ2v) is 4.88. The Bertz CT molecular complexity index is 368. The predicted molar refractivity (Wildman–Crippen MR) is 63.1 cm³/mol. The van der Waals surface area contributed by atoms with E-state index in [2.05, 4.69) is 0 Å². The predicted octanol–water partition coefficient (Wildman–Crippen LogP) is 3.42. The quantitative estimate of drug-likeness (QED) is 0.804. The second kappa shape index (κ2) is 5.89. The number of benzene rings is 1. The fraction of sp³-hybridized carbons (Fsp3) is 0.417. The van der Waals surface area contributed by atoms with Crippen LogP contribution in [0.25, 0.3) is 0 Å². The molecule has 0 bridgehead atoms. The van der Waals surface area contributed by atoms with Crippen LogP contribution in [0.2, 0.25) is 0 Å². The zero-order chi connectivity index (χ0) is 12.1. The van der Waals surface area contributed by atoms with Gasteiger partial charge in [-0.1, -0.05) is 32.4 Å². The highest BCUT2D eigenvalue weighted by Crippen LogP contribution is 2.31. The van der Waals surface area contributed by atoms with E-state index in [0.717, 1.165) is 18.2 Å².